The molecule has 0 radical (unpaired) electrons. The van der Waals surface area contributed by atoms with Crippen LogP contribution in [-0.4, -0.2) is 25.4 Å². The van der Waals surface area contributed by atoms with Gasteiger partial charge in [0.2, 0.25) is 5.91 Å². The van der Waals surface area contributed by atoms with Crippen LogP contribution in [-0.2, 0) is 9.59 Å². The molecule has 0 aromatic heterocycles. The van der Waals surface area contributed by atoms with Crippen molar-refractivity contribution < 1.29 is 9.59 Å². The van der Waals surface area contributed by atoms with Gasteiger partial charge in [-0.25, -0.2) is 0 Å². The number of para-hydroxylation sites is 1. The van der Waals surface area contributed by atoms with Crippen molar-refractivity contribution in [3.05, 3.63) is 66.2 Å². The smallest absolute Gasteiger partial charge is 0.250 e. The molecule has 1 aliphatic rings. The molecule has 1 saturated heterocycles. The second kappa shape index (κ2) is 7.13. The summed E-state index contributed by atoms with van der Waals surface area (Å²) in [5.41, 5.74) is 2.71. The monoisotopic (exact) mass is 320 g/mol. The van der Waals surface area contributed by atoms with Crippen LogP contribution < -0.4 is 9.80 Å². The van der Waals surface area contributed by atoms with E-state index in [0.717, 1.165) is 29.9 Å². The molecule has 3 rings (SSSR count). The van der Waals surface area contributed by atoms with Crippen molar-refractivity contribution >= 4 is 29.3 Å². The number of carbonyl (C=O) groups excluding carboxylic acids is 2. The topological polar surface area (TPSA) is 40.6 Å². The molecule has 0 unspecified atom stereocenters. The van der Waals surface area contributed by atoms with Gasteiger partial charge >= 0.3 is 0 Å². The van der Waals surface area contributed by atoms with Gasteiger partial charge in [0.25, 0.3) is 5.91 Å². The predicted molar refractivity (Wildman–Crippen MR) is 96.9 cm³/mol. The molecule has 0 N–H and O–H groups in total. The first kappa shape index (κ1) is 16.0. The lowest BCUT2D eigenvalue weighted by Crippen LogP contribution is -2.23. The van der Waals surface area contributed by atoms with E-state index in [-0.39, 0.29) is 11.8 Å². The molecule has 1 fully saturated rings. The largest absolute Gasteiger partial charge is 0.312 e. The van der Waals surface area contributed by atoms with Crippen LogP contribution >= 0.6 is 0 Å². The zero-order chi connectivity index (χ0) is 16.9. The number of amides is 2. The Balaban J connectivity index is 1.66. The van der Waals surface area contributed by atoms with E-state index in [9.17, 15) is 9.59 Å². The minimum atomic E-state index is -0.0833. The first-order valence-corrected chi connectivity index (χ1v) is 8.06. The van der Waals surface area contributed by atoms with E-state index in [1.54, 1.807) is 24.1 Å². The lowest BCUT2D eigenvalue weighted by atomic mass is 10.2. The van der Waals surface area contributed by atoms with E-state index >= 15 is 0 Å². The van der Waals surface area contributed by atoms with E-state index in [4.69, 9.17) is 0 Å². The molecular weight excluding hydrogens is 300 g/mol. The molecule has 24 heavy (non-hydrogen) atoms. The summed E-state index contributed by atoms with van der Waals surface area (Å²) in [7, 11) is 1.75. The van der Waals surface area contributed by atoms with Crippen molar-refractivity contribution in [2.45, 2.75) is 12.8 Å². The highest BCUT2D eigenvalue weighted by Gasteiger charge is 2.21. The summed E-state index contributed by atoms with van der Waals surface area (Å²) < 4.78 is 0. The molecule has 2 amide bonds. The summed E-state index contributed by atoms with van der Waals surface area (Å²) >= 11 is 0. The normalized spacial score (nSPS) is 14.4. The van der Waals surface area contributed by atoms with E-state index in [2.05, 4.69) is 0 Å². The van der Waals surface area contributed by atoms with Gasteiger partial charge < -0.3 is 9.80 Å². The number of likely N-dealkylation sites (N-methyl/N-ethyl adjacent to an activating group) is 1. The van der Waals surface area contributed by atoms with E-state index in [1.807, 2.05) is 59.5 Å². The van der Waals surface area contributed by atoms with Gasteiger partial charge in [0.05, 0.1) is 0 Å². The van der Waals surface area contributed by atoms with Gasteiger partial charge in [-0.2, -0.15) is 0 Å². The van der Waals surface area contributed by atoms with Gasteiger partial charge in [0.1, 0.15) is 0 Å². The molecule has 1 heterocycles. The fourth-order valence-corrected chi connectivity index (χ4v) is 2.74. The lowest BCUT2D eigenvalue weighted by molar-refractivity contribution is -0.117. The van der Waals surface area contributed by atoms with Crippen molar-refractivity contribution in [1.82, 2.24) is 0 Å². The van der Waals surface area contributed by atoms with E-state index < -0.39 is 0 Å². The summed E-state index contributed by atoms with van der Waals surface area (Å²) in [6.45, 7) is 0.786. The number of nitrogens with zero attached hydrogens (tertiary/aromatic N) is 2. The fourth-order valence-electron chi connectivity index (χ4n) is 2.74. The summed E-state index contributed by atoms with van der Waals surface area (Å²) in [5.74, 6) is 0.0953. The number of carbonyl (C=O) groups is 2. The Morgan fingerprint density at radius 2 is 1.79 bits per heavy atom. The highest BCUT2D eigenvalue weighted by Crippen LogP contribution is 2.22. The van der Waals surface area contributed by atoms with Gasteiger partial charge in [0, 0.05) is 37.5 Å². The van der Waals surface area contributed by atoms with Crippen molar-refractivity contribution in [3.8, 4) is 0 Å². The number of benzene rings is 2. The van der Waals surface area contributed by atoms with Crippen LogP contribution in [0, 0.1) is 0 Å². The van der Waals surface area contributed by atoms with Crippen LogP contribution in [0.15, 0.2) is 60.7 Å². The molecule has 0 aliphatic carbocycles. The highest BCUT2D eigenvalue weighted by atomic mass is 16.2. The number of rotatable bonds is 4. The van der Waals surface area contributed by atoms with Crippen LogP contribution in [0.25, 0.3) is 6.08 Å². The zero-order valence-corrected chi connectivity index (χ0v) is 13.7. The number of hydrogen-bond acceptors (Lipinski definition) is 2. The highest BCUT2D eigenvalue weighted by molar-refractivity contribution is 6.03. The minimum absolute atomic E-state index is 0.0833. The van der Waals surface area contributed by atoms with Crippen molar-refractivity contribution in [2.75, 3.05) is 23.4 Å². The lowest BCUT2D eigenvalue weighted by Gasteiger charge is -2.16. The summed E-state index contributed by atoms with van der Waals surface area (Å²) in [5, 5.41) is 0. The van der Waals surface area contributed by atoms with Crippen molar-refractivity contribution in [3.63, 3.8) is 0 Å². The van der Waals surface area contributed by atoms with Gasteiger partial charge in [-0.1, -0.05) is 30.3 Å². The van der Waals surface area contributed by atoms with Gasteiger partial charge in [-0.3, -0.25) is 9.59 Å². The summed E-state index contributed by atoms with van der Waals surface area (Å²) in [6, 6.07) is 17.2. The number of anilines is 2. The average Bonchev–Trinajstić information content (AvgIpc) is 3.06. The molecule has 1 aliphatic heterocycles. The van der Waals surface area contributed by atoms with Gasteiger partial charge in [0.15, 0.2) is 0 Å². The van der Waals surface area contributed by atoms with Crippen LogP contribution in [0.1, 0.15) is 18.4 Å². The molecule has 2 aromatic rings. The Bertz CT molecular complexity index is 751. The summed E-state index contributed by atoms with van der Waals surface area (Å²) in [6.07, 6.45) is 4.89. The van der Waals surface area contributed by atoms with Crippen molar-refractivity contribution in [1.29, 1.82) is 0 Å². The van der Waals surface area contributed by atoms with E-state index in [0.29, 0.717) is 6.42 Å². The maximum absolute atomic E-state index is 12.2. The quantitative estimate of drug-likeness (QED) is 0.809. The second-order valence-corrected chi connectivity index (χ2v) is 5.81. The zero-order valence-electron chi connectivity index (χ0n) is 13.7. The standard InChI is InChI=1S/C20H20N2O2/c1-21(17-6-3-2-4-7-17)19(23)14-11-16-9-12-18(13-10-16)22-15-5-8-20(22)24/h2-4,6-7,9-14H,5,8,15H2,1H3. The van der Waals surface area contributed by atoms with Gasteiger partial charge in [-0.15, -0.1) is 0 Å². The molecule has 122 valence electrons. The predicted octanol–water partition coefficient (Wildman–Crippen LogP) is 3.49. The molecule has 0 bridgehead atoms. The van der Waals surface area contributed by atoms with Crippen LogP contribution in [0.3, 0.4) is 0 Å². The maximum Gasteiger partial charge on any atom is 0.250 e. The Kier molecular flexibility index (Phi) is 4.75. The Morgan fingerprint density at radius 1 is 1.08 bits per heavy atom. The third-order valence-electron chi connectivity index (χ3n) is 4.17. The van der Waals surface area contributed by atoms with E-state index in [1.165, 1.54) is 0 Å². The van der Waals surface area contributed by atoms with Crippen molar-refractivity contribution in [2.24, 2.45) is 0 Å². The molecular formula is C20H20N2O2. The van der Waals surface area contributed by atoms with Gasteiger partial charge in [-0.05, 0) is 42.3 Å². The molecule has 4 nitrogen and oxygen atoms in total. The average molecular weight is 320 g/mol. The van der Waals surface area contributed by atoms with Crippen LogP contribution in [0.2, 0.25) is 0 Å². The minimum Gasteiger partial charge on any atom is -0.312 e. The van der Waals surface area contributed by atoms with Crippen LogP contribution in [0.4, 0.5) is 11.4 Å². The van der Waals surface area contributed by atoms with Crippen LogP contribution in [0.5, 0.6) is 0 Å². The Morgan fingerprint density at radius 3 is 2.42 bits per heavy atom. The fraction of sp³-hybridized carbons (Fsp3) is 0.200. The second-order valence-electron chi connectivity index (χ2n) is 5.81. The first-order chi connectivity index (χ1) is 11.6. The molecule has 0 saturated carbocycles. The third-order valence-corrected chi connectivity index (χ3v) is 4.17. The SMILES string of the molecule is CN(C(=O)C=Cc1ccc(N2CCCC2=O)cc1)c1ccccc1. The molecule has 2 aromatic carbocycles. The molecule has 0 spiro atoms. The number of hydrogen-bond donors (Lipinski definition) is 0. The maximum atomic E-state index is 12.2. The Hall–Kier alpha value is -2.88. The molecule has 0 atom stereocenters. The third kappa shape index (κ3) is 3.54. The Labute approximate surface area is 142 Å². The summed E-state index contributed by atoms with van der Waals surface area (Å²) in [4.78, 5) is 27.4. The molecule has 4 heteroatoms. The first-order valence-electron chi connectivity index (χ1n) is 8.06.